The minimum atomic E-state index is 0.373. The molecule has 0 unspecified atom stereocenters. The van der Waals surface area contributed by atoms with Crippen molar-refractivity contribution in [3.8, 4) is 0 Å². The first-order valence-corrected chi connectivity index (χ1v) is 5.68. The molecule has 0 bridgehead atoms. The summed E-state index contributed by atoms with van der Waals surface area (Å²) in [6.07, 6.45) is 0. The largest absolute Gasteiger partial charge is 0.378 e. The van der Waals surface area contributed by atoms with Crippen molar-refractivity contribution in [2.75, 3.05) is 19.8 Å². The van der Waals surface area contributed by atoms with Gasteiger partial charge < -0.3 is 10.1 Å². The van der Waals surface area contributed by atoms with Crippen molar-refractivity contribution in [1.82, 2.24) is 5.32 Å². The lowest BCUT2D eigenvalue weighted by molar-refractivity contribution is 0.0768. The van der Waals surface area contributed by atoms with Crippen LogP contribution in [0.25, 0.3) is 0 Å². The second-order valence-corrected chi connectivity index (χ2v) is 4.41. The molecule has 0 saturated carbocycles. The van der Waals surface area contributed by atoms with Crippen LogP contribution in [0.15, 0.2) is 24.3 Å². The van der Waals surface area contributed by atoms with Crippen molar-refractivity contribution >= 4 is 0 Å². The molecule has 82 valence electrons. The van der Waals surface area contributed by atoms with Crippen molar-refractivity contribution in [3.63, 3.8) is 0 Å². The number of nitrogens with one attached hydrogen (secondary N) is 1. The first-order valence-electron chi connectivity index (χ1n) is 5.68. The van der Waals surface area contributed by atoms with Gasteiger partial charge in [0.2, 0.25) is 0 Å². The van der Waals surface area contributed by atoms with Gasteiger partial charge in [-0.25, -0.2) is 0 Å². The van der Waals surface area contributed by atoms with Gasteiger partial charge in [-0.3, -0.25) is 0 Å². The third kappa shape index (κ3) is 2.58. The molecule has 1 N–H and O–H groups in total. The molecule has 2 heteroatoms. The summed E-state index contributed by atoms with van der Waals surface area (Å²) in [5.74, 6) is 0.592. The predicted molar refractivity (Wildman–Crippen MR) is 62.1 cm³/mol. The lowest BCUT2D eigenvalue weighted by Crippen LogP contribution is -2.34. The second kappa shape index (κ2) is 4.77. The lowest BCUT2D eigenvalue weighted by Gasteiger charge is -2.24. The SMILES string of the molecule is CC(C)c1cccc([C@@H]2COCCN2)c1. The molecule has 1 aromatic rings. The van der Waals surface area contributed by atoms with Crippen molar-refractivity contribution in [3.05, 3.63) is 35.4 Å². The minimum absolute atomic E-state index is 0.373. The van der Waals surface area contributed by atoms with Gasteiger partial charge in [-0.1, -0.05) is 38.1 Å². The van der Waals surface area contributed by atoms with Crippen molar-refractivity contribution < 1.29 is 4.74 Å². The molecule has 1 aliphatic heterocycles. The Morgan fingerprint density at radius 1 is 1.40 bits per heavy atom. The molecule has 1 aromatic carbocycles. The maximum absolute atomic E-state index is 5.47. The average Bonchev–Trinajstić information content (AvgIpc) is 2.30. The van der Waals surface area contributed by atoms with E-state index in [-0.39, 0.29) is 0 Å². The first-order chi connectivity index (χ1) is 7.27. The third-order valence-corrected chi connectivity index (χ3v) is 2.90. The topological polar surface area (TPSA) is 21.3 Å². The van der Waals surface area contributed by atoms with E-state index in [4.69, 9.17) is 4.74 Å². The standard InChI is InChI=1S/C13H19NO/c1-10(2)11-4-3-5-12(8-11)13-9-15-7-6-14-13/h3-5,8,10,13-14H,6-7,9H2,1-2H3/t13-/m0/s1. The minimum Gasteiger partial charge on any atom is -0.378 e. The van der Waals surface area contributed by atoms with Gasteiger partial charge in [0, 0.05) is 6.54 Å². The van der Waals surface area contributed by atoms with Gasteiger partial charge in [0.25, 0.3) is 0 Å². The van der Waals surface area contributed by atoms with Gasteiger partial charge in [-0.05, 0) is 17.0 Å². The summed E-state index contributed by atoms with van der Waals surface area (Å²) >= 11 is 0. The van der Waals surface area contributed by atoms with Crippen LogP contribution in [0.2, 0.25) is 0 Å². The number of benzene rings is 1. The highest BCUT2D eigenvalue weighted by molar-refractivity contribution is 5.28. The van der Waals surface area contributed by atoms with Gasteiger partial charge in [0.1, 0.15) is 0 Å². The molecule has 15 heavy (non-hydrogen) atoms. The number of ether oxygens (including phenoxy) is 1. The van der Waals surface area contributed by atoms with Crippen molar-refractivity contribution in [1.29, 1.82) is 0 Å². The normalized spacial score (nSPS) is 21.9. The predicted octanol–water partition coefficient (Wildman–Crippen LogP) is 2.47. The Morgan fingerprint density at radius 3 is 2.93 bits per heavy atom. The first kappa shape index (κ1) is 10.7. The van der Waals surface area contributed by atoms with E-state index >= 15 is 0 Å². The maximum Gasteiger partial charge on any atom is 0.0662 e. The Hall–Kier alpha value is -0.860. The molecule has 1 fully saturated rings. The van der Waals surface area contributed by atoms with Gasteiger partial charge in [0.05, 0.1) is 19.3 Å². The summed E-state index contributed by atoms with van der Waals surface area (Å²) in [6, 6.07) is 9.17. The van der Waals surface area contributed by atoms with E-state index in [1.54, 1.807) is 0 Å². The summed E-state index contributed by atoms with van der Waals surface area (Å²) in [6.45, 7) is 7.03. The van der Waals surface area contributed by atoms with Crippen molar-refractivity contribution in [2.24, 2.45) is 0 Å². The van der Waals surface area contributed by atoms with Gasteiger partial charge in [-0.15, -0.1) is 0 Å². The fraction of sp³-hybridized carbons (Fsp3) is 0.538. The third-order valence-electron chi connectivity index (χ3n) is 2.90. The molecule has 1 saturated heterocycles. The van der Waals surface area contributed by atoms with E-state index in [1.807, 2.05) is 0 Å². The van der Waals surface area contributed by atoms with Crippen molar-refractivity contribution in [2.45, 2.75) is 25.8 Å². The fourth-order valence-corrected chi connectivity index (χ4v) is 1.91. The summed E-state index contributed by atoms with van der Waals surface area (Å²) in [5, 5.41) is 3.48. The van der Waals surface area contributed by atoms with Crippen LogP contribution >= 0.6 is 0 Å². The molecular formula is C13H19NO. The zero-order chi connectivity index (χ0) is 10.7. The Labute approximate surface area is 91.6 Å². The number of rotatable bonds is 2. The number of morpholine rings is 1. The van der Waals surface area contributed by atoms with Gasteiger partial charge >= 0.3 is 0 Å². The Balaban J connectivity index is 2.16. The molecule has 1 heterocycles. The molecule has 0 spiro atoms. The van der Waals surface area contributed by atoms with E-state index in [0.29, 0.717) is 12.0 Å². The van der Waals surface area contributed by atoms with E-state index in [0.717, 1.165) is 19.8 Å². The van der Waals surface area contributed by atoms with Gasteiger partial charge in [-0.2, -0.15) is 0 Å². The monoisotopic (exact) mass is 205 g/mol. The van der Waals surface area contributed by atoms with Crippen LogP contribution in [-0.2, 0) is 4.74 Å². The van der Waals surface area contributed by atoms with Crippen LogP contribution in [0.5, 0.6) is 0 Å². The van der Waals surface area contributed by atoms with E-state index in [9.17, 15) is 0 Å². The second-order valence-electron chi connectivity index (χ2n) is 4.41. The fourth-order valence-electron chi connectivity index (χ4n) is 1.91. The molecule has 0 amide bonds. The van der Waals surface area contributed by atoms with Crippen LogP contribution in [0, 0.1) is 0 Å². The summed E-state index contributed by atoms with van der Waals surface area (Å²) < 4.78 is 5.47. The van der Waals surface area contributed by atoms with Crippen LogP contribution in [0.3, 0.4) is 0 Å². The highest BCUT2D eigenvalue weighted by Crippen LogP contribution is 2.21. The molecule has 0 radical (unpaired) electrons. The van der Waals surface area contributed by atoms with Crippen LogP contribution in [-0.4, -0.2) is 19.8 Å². The van der Waals surface area contributed by atoms with Crippen LogP contribution < -0.4 is 5.32 Å². The Bertz CT molecular complexity index is 316. The molecule has 2 nitrogen and oxygen atoms in total. The zero-order valence-corrected chi connectivity index (χ0v) is 9.49. The van der Waals surface area contributed by atoms with E-state index in [2.05, 4.69) is 43.4 Å². The Morgan fingerprint density at radius 2 is 2.27 bits per heavy atom. The average molecular weight is 205 g/mol. The smallest absolute Gasteiger partial charge is 0.0662 e. The molecule has 1 aliphatic rings. The van der Waals surface area contributed by atoms with E-state index < -0.39 is 0 Å². The van der Waals surface area contributed by atoms with Crippen LogP contribution in [0.4, 0.5) is 0 Å². The molecule has 0 aliphatic carbocycles. The highest BCUT2D eigenvalue weighted by Gasteiger charge is 2.15. The summed E-state index contributed by atoms with van der Waals surface area (Å²) in [4.78, 5) is 0. The van der Waals surface area contributed by atoms with E-state index in [1.165, 1.54) is 11.1 Å². The van der Waals surface area contributed by atoms with Gasteiger partial charge in [0.15, 0.2) is 0 Å². The quantitative estimate of drug-likeness (QED) is 0.801. The summed E-state index contributed by atoms with van der Waals surface area (Å²) in [7, 11) is 0. The Kier molecular flexibility index (Phi) is 3.39. The lowest BCUT2D eigenvalue weighted by atomic mass is 9.98. The summed E-state index contributed by atoms with van der Waals surface area (Å²) in [5.41, 5.74) is 2.75. The number of hydrogen-bond acceptors (Lipinski definition) is 2. The maximum atomic E-state index is 5.47. The van der Waals surface area contributed by atoms with Crippen LogP contribution in [0.1, 0.15) is 36.9 Å². The highest BCUT2D eigenvalue weighted by atomic mass is 16.5. The number of hydrogen-bond donors (Lipinski definition) is 1. The molecule has 0 aromatic heterocycles. The molecule has 2 rings (SSSR count). The zero-order valence-electron chi connectivity index (χ0n) is 9.49. The molecule has 1 atom stereocenters. The molecular weight excluding hydrogens is 186 g/mol.